The van der Waals surface area contributed by atoms with E-state index < -0.39 is 12.1 Å². The fourth-order valence-electron chi connectivity index (χ4n) is 3.06. The monoisotopic (exact) mass is 358 g/mol. The topological polar surface area (TPSA) is 61.8 Å². The Labute approximate surface area is 149 Å². The summed E-state index contributed by atoms with van der Waals surface area (Å²) in [6.45, 7) is 1.09. The van der Waals surface area contributed by atoms with Gasteiger partial charge in [0.2, 0.25) is 0 Å². The summed E-state index contributed by atoms with van der Waals surface area (Å²) in [5.74, 6) is 1.06. The van der Waals surface area contributed by atoms with Gasteiger partial charge in [0.15, 0.2) is 23.4 Å². The van der Waals surface area contributed by atoms with Crippen molar-refractivity contribution < 1.29 is 23.8 Å². The molecule has 5 nitrogen and oxygen atoms in total. The number of benzene rings is 1. The Morgan fingerprint density at radius 2 is 1.92 bits per heavy atom. The van der Waals surface area contributed by atoms with Gasteiger partial charge in [-0.15, -0.1) is 11.3 Å². The van der Waals surface area contributed by atoms with E-state index in [0.29, 0.717) is 36.7 Å². The van der Waals surface area contributed by atoms with Gasteiger partial charge in [-0.3, -0.25) is 4.79 Å². The van der Waals surface area contributed by atoms with Crippen LogP contribution < -0.4 is 9.47 Å². The number of hydrogen-bond donors (Lipinski definition) is 0. The molecule has 1 atom stereocenters. The maximum atomic E-state index is 12.3. The van der Waals surface area contributed by atoms with Crippen molar-refractivity contribution in [2.45, 2.75) is 31.8 Å². The van der Waals surface area contributed by atoms with E-state index in [9.17, 15) is 9.59 Å². The quantitative estimate of drug-likeness (QED) is 0.780. The SMILES string of the molecule is O=C(O[C@@H]1CCCCC1=O)c1ccc(-c2ccc3c(c2)OCCO3)s1. The third-order valence-electron chi connectivity index (χ3n) is 4.38. The molecule has 2 aromatic rings. The molecule has 4 rings (SSSR count). The summed E-state index contributed by atoms with van der Waals surface area (Å²) in [7, 11) is 0. The Balaban J connectivity index is 1.50. The second kappa shape index (κ2) is 6.88. The van der Waals surface area contributed by atoms with Gasteiger partial charge in [-0.25, -0.2) is 4.79 Å². The summed E-state index contributed by atoms with van der Waals surface area (Å²) < 4.78 is 16.5. The zero-order valence-electron chi connectivity index (χ0n) is 13.7. The van der Waals surface area contributed by atoms with Crippen LogP contribution in [-0.2, 0) is 9.53 Å². The third kappa shape index (κ3) is 3.39. The Kier molecular flexibility index (Phi) is 4.44. The lowest BCUT2D eigenvalue weighted by molar-refractivity contribution is -0.129. The number of esters is 1. The van der Waals surface area contributed by atoms with Crippen LogP contribution in [0.4, 0.5) is 0 Å². The third-order valence-corrected chi connectivity index (χ3v) is 5.50. The van der Waals surface area contributed by atoms with Gasteiger partial charge in [0.05, 0.1) is 0 Å². The molecule has 130 valence electrons. The number of carbonyl (C=O) groups excluding carboxylic acids is 2. The highest BCUT2D eigenvalue weighted by atomic mass is 32.1. The first-order chi connectivity index (χ1) is 12.2. The highest BCUT2D eigenvalue weighted by Crippen LogP contribution is 2.37. The molecule has 2 heterocycles. The van der Waals surface area contributed by atoms with Crippen LogP contribution in [0.25, 0.3) is 10.4 Å². The molecule has 1 fully saturated rings. The van der Waals surface area contributed by atoms with E-state index in [1.54, 1.807) is 6.07 Å². The van der Waals surface area contributed by atoms with Crippen LogP contribution in [0.5, 0.6) is 11.5 Å². The molecule has 0 radical (unpaired) electrons. The largest absolute Gasteiger partial charge is 0.486 e. The van der Waals surface area contributed by atoms with E-state index in [0.717, 1.165) is 29.0 Å². The minimum atomic E-state index is -0.582. The Bertz CT molecular complexity index is 810. The van der Waals surface area contributed by atoms with E-state index in [4.69, 9.17) is 14.2 Å². The first kappa shape index (κ1) is 16.1. The predicted octanol–water partition coefficient (Wildman–Crippen LogP) is 3.85. The van der Waals surface area contributed by atoms with Crippen molar-refractivity contribution in [2.24, 2.45) is 0 Å². The molecule has 0 bridgehead atoms. The fraction of sp³-hybridized carbons (Fsp3) is 0.368. The first-order valence-electron chi connectivity index (χ1n) is 8.44. The van der Waals surface area contributed by atoms with Crippen LogP contribution in [0, 0.1) is 0 Å². The van der Waals surface area contributed by atoms with E-state index in [2.05, 4.69) is 0 Å². The average Bonchev–Trinajstić information content (AvgIpc) is 3.13. The van der Waals surface area contributed by atoms with Gasteiger partial charge in [0.1, 0.15) is 18.1 Å². The van der Waals surface area contributed by atoms with E-state index >= 15 is 0 Å². The molecule has 0 N–H and O–H groups in total. The molecule has 25 heavy (non-hydrogen) atoms. The van der Waals surface area contributed by atoms with Crippen molar-refractivity contribution in [2.75, 3.05) is 13.2 Å². The zero-order valence-corrected chi connectivity index (χ0v) is 14.5. The molecule has 0 unspecified atom stereocenters. The van der Waals surface area contributed by atoms with Crippen LogP contribution in [-0.4, -0.2) is 31.1 Å². The number of hydrogen-bond acceptors (Lipinski definition) is 6. The Morgan fingerprint density at radius 1 is 1.08 bits per heavy atom. The van der Waals surface area contributed by atoms with E-state index in [1.165, 1.54) is 11.3 Å². The number of rotatable bonds is 3. The fourth-order valence-corrected chi connectivity index (χ4v) is 3.95. The normalized spacial score (nSPS) is 19.5. The number of carbonyl (C=O) groups is 2. The molecular weight excluding hydrogens is 340 g/mol. The van der Waals surface area contributed by atoms with Gasteiger partial charge < -0.3 is 14.2 Å². The molecule has 0 amide bonds. The Morgan fingerprint density at radius 3 is 2.76 bits per heavy atom. The maximum absolute atomic E-state index is 12.3. The van der Waals surface area contributed by atoms with Crippen LogP contribution in [0.1, 0.15) is 35.4 Å². The predicted molar refractivity (Wildman–Crippen MR) is 93.4 cm³/mol. The van der Waals surface area contributed by atoms with Gasteiger partial charge >= 0.3 is 5.97 Å². The summed E-state index contributed by atoms with van der Waals surface area (Å²) >= 11 is 1.35. The molecule has 1 aromatic heterocycles. The molecule has 2 aliphatic rings. The molecule has 6 heteroatoms. The van der Waals surface area contributed by atoms with Crippen molar-refractivity contribution in [1.82, 2.24) is 0 Å². The Hall–Kier alpha value is -2.34. The highest BCUT2D eigenvalue weighted by Gasteiger charge is 2.27. The maximum Gasteiger partial charge on any atom is 0.349 e. The summed E-state index contributed by atoms with van der Waals surface area (Å²) in [5.41, 5.74) is 0.960. The van der Waals surface area contributed by atoms with Gasteiger partial charge in [0, 0.05) is 11.3 Å². The number of thiophene rings is 1. The lowest BCUT2D eigenvalue weighted by atomic mass is 9.96. The molecule has 1 aromatic carbocycles. The lowest BCUT2D eigenvalue weighted by Crippen LogP contribution is -2.29. The van der Waals surface area contributed by atoms with Crippen molar-refractivity contribution in [3.8, 4) is 21.9 Å². The first-order valence-corrected chi connectivity index (χ1v) is 9.26. The minimum Gasteiger partial charge on any atom is -0.486 e. The molecule has 1 saturated carbocycles. The van der Waals surface area contributed by atoms with E-state index in [1.807, 2.05) is 24.3 Å². The highest BCUT2D eigenvalue weighted by molar-refractivity contribution is 7.17. The average molecular weight is 358 g/mol. The number of fused-ring (bicyclic) bond motifs is 1. The van der Waals surface area contributed by atoms with Gasteiger partial charge in [-0.05, 0) is 55.2 Å². The molecule has 1 aliphatic carbocycles. The molecule has 1 aliphatic heterocycles. The molecule has 0 spiro atoms. The zero-order chi connectivity index (χ0) is 17.2. The standard InChI is InChI=1S/C19H18O5S/c20-13-3-1-2-4-14(13)24-19(21)18-8-7-17(25-18)12-5-6-15-16(11-12)23-10-9-22-15/h5-8,11,14H,1-4,9-10H2/t14-/m1/s1. The van der Waals surface area contributed by atoms with Crippen molar-refractivity contribution in [3.05, 3.63) is 35.2 Å². The molecule has 0 saturated heterocycles. The lowest BCUT2D eigenvalue weighted by Gasteiger charge is -2.20. The van der Waals surface area contributed by atoms with E-state index in [-0.39, 0.29) is 5.78 Å². The summed E-state index contributed by atoms with van der Waals surface area (Å²) in [6.07, 6.45) is 2.37. The molecular formula is C19H18O5S. The van der Waals surface area contributed by atoms with Gasteiger partial charge in [0.25, 0.3) is 0 Å². The summed E-state index contributed by atoms with van der Waals surface area (Å²) in [4.78, 5) is 25.6. The number of ketones is 1. The summed E-state index contributed by atoms with van der Waals surface area (Å²) in [6, 6.07) is 9.36. The van der Waals surface area contributed by atoms with Crippen molar-refractivity contribution in [1.29, 1.82) is 0 Å². The minimum absolute atomic E-state index is 0.0308. The smallest absolute Gasteiger partial charge is 0.349 e. The van der Waals surface area contributed by atoms with Crippen LogP contribution in [0.15, 0.2) is 30.3 Å². The summed E-state index contributed by atoms with van der Waals surface area (Å²) in [5, 5.41) is 0. The second-order valence-corrected chi connectivity index (χ2v) is 7.21. The van der Waals surface area contributed by atoms with Gasteiger partial charge in [-0.1, -0.05) is 0 Å². The van der Waals surface area contributed by atoms with Crippen LogP contribution >= 0.6 is 11.3 Å². The number of Topliss-reactive ketones (excluding diaryl/α,β-unsaturated/α-hetero) is 1. The van der Waals surface area contributed by atoms with Crippen LogP contribution in [0.2, 0.25) is 0 Å². The number of ether oxygens (including phenoxy) is 3. The van der Waals surface area contributed by atoms with Gasteiger partial charge in [-0.2, -0.15) is 0 Å². The van der Waals surface area contributed by atoms with Crippen LogP contribution in [0.3, 0.4) is 0 Å². The van der Waals surface area contributed by atoms with Crippen molar-refractivity contribution in [3.63, 3.8) is 0 Å². The van der Waals surface area contributed by atoms with Crippen molar-refractivity contribution >= 4 is 23.1 Å². The second-order valence-electron chi connectivity index (χ2n) is 6.13.